The number of pyridine rings is 1. The molecule has 1 saturated heterocycles. The average Bonchev–Trinajstić information content (AvgIpc) is 3.57. The van der Waals surface area contributed by atoms with E-state index in [9.17, 15) is 24.8 Å². The van der Waals surface area contributed by atoms with Gasteiger partial charge < -0.3 is 28.6 Å². The minimum atomic E-state index is -1.37. The molecule has 0 radical (unpaired) electrons. The number of carbonyl (C=O) groups is 1. The van der Waals surface area contributed by atoms with E-state index in [1.807, 2.05) is 16.7 Å². The number of benzene rings is 1. The molecule has 3 aromatic heterocycles. The Bertz CT molecular complexity index is 1670. The molecular formula is C23H19FN6O7S. The highest BCUT2D eigenvalue weighted by atomic mass is 32.1. The predicted octanol–water partition coefficient (Wildman–Crippen LogP) is 3.14. The highest BCUT2D eigenvalue weighted by molar-refractivity contribution is 7.18. The molecule has 5 heterocycles. The zero-order chi connectivity index (χ0) is 26.7. The fourth-order valence-corrected chi connectivity index (χ4v) is 5.62. The second-order valence-electron chi connectivity index (χ2n) is 8.94. The average molecular weight is 543 g/mol. The van der Waals surface area contributed by atoms with Crippen molar-refractivity contribution in [1.82, 2.24) is 14.8 Å². The molecule has 15 heteroatoms. The zero-order valence-electron chi connectivity index (χ0n) is 19.8. The van der Waals surface area contributed by atoms with E-state index in [1.54, 1.807) is 4.57 Å². The van der Waals surface area contributed by atoms with Crippen LogP contribution in [0.15, 0.2) is 33.6 Å². The lowest BCUT2D eigenvalue weighted by Gasteiger charge is -2.38. The van der Waals surface area contributed by atoms with Crippen LogP contribution in [0.2, 0.25) is 0 Å². The van der Waals surface area contributed by atoms with Crippen LogP contribution in [0.4, 0.5) is 21.1 Å². The van der Waals surface area contributed by atoms with Crippen molar-refractivity contribution in [3.05, 3.63) is 56.1 Å². The molecule has 1 N–H and O–H groups in total. The van der Waals surface area contributed by atoms with E-state index in [2.05, 4.69) is 10.2 Å². The largest absolute Gasteiger partial charge is 0.487 e. The number of nitro groups is 1. The van der Waals surface area contributed by atoms with Crippen molar-refractivity contribution in [1.29, 1.82) is 0 Å². The van der Waals surface area contributed by atoms with Gasteiger partial charge in [0.1, 0.15) is 22.8 Å². The van der Waals surface area contributed by atoms with Crippen molar-refractivity contribution < 1.29 is 28.4 Å². The van der Waals surface area contributed by atoms with Gasteiger partial charge in [0.15, 0.2) is 22.3 Å². The summed E-state index contributed by atoms with van der Waals surface area (Å²) in [6.45, 7) is 3.80. The Kier molecular flexibility index (Phi) is 5.52. The van der Waals surface area contributed by atoms with Gasteiger partial charge in [-0.3, -0.25) is 14.9 Å². The topological polar surface area (TPSA) is 157 Å². The molecule has 13 nitrogen and oxygen atoms in total. The number of aromatic nitrogens is 3. The van der Waals surface area contributed by atoms with E-state index in [4.69, 9.17) is 9.15 Å². The number of rotatable bonds is 5. The van der Waals surface area contributed by atoms with Gasteiger partial charge >= 0.3 is 11.9 Å². The zero-order valence-corrected chi connectivity index (χ0v) is 20.6. The molecule has 2 aliphatic rings. The Hall–Kier alpha value is -4.53. The summed E-state index contributed by atoms with van der Waals surface area (Å²) in [7, 11) is 0. The Morgan fingerprint density at radius 3 is 2.66 bits per heavy atom. The van der Waals surface area contributed by atoms with Crippen molar-refractivity contribution in [2.24, 2.45) is 0 Å². The van der Waals surface area contributed by atoms with Gasteiger partial charge in [-0.15, -0.1) is 10.2 Å². The van der Waals surface area contributed by atoms with Gasteiger partial charge in [-0.05, 0) is 19.1 Å². The van der Waals surface area contributed by atoms with Gasteiger partial charge in [0.25, 0.3) is 0 Å². The molecule has 0 saturated carbocycles. The van der Waals surface area contributed by atoms with Crippen molar-refractivity contribution in [3.63, 3.8) is 0 Å². The number of aromatic carboxylic acids is 1. The maximum absolute atomic E-state index is 15.5. The van der Waals surface area contributed by atoms with Crippen molar-refractivity contribution in [3.8, 4) is 16.5 Å². The highest BCUT2D eigenvalue weighted by Crippen LogP contribution is 2.42. The molecule has 6 rings (SSSR count). The van der Waals surface area contributed by atoms with E-state index in [0.29, 0.717) is 41.8 Å². The Balaban J connectivity index is 1.29. The Morgan fingerprint density at radius 2 is 1.97 bits per heavy atom. The van der Waals surface area contributed by atoms with E-state index < -0.39 is 27.7 Å². The van der Waals surface area contributed by atoms with Crippen LogP contribution in [0.25, 0.3) is 21.7 Å². The summed E-state index contributed by atoms with van der Waals surface area (Å²) in [5, 5.41) is 29.6. The number of carboxylic acids is 1. The van der Waals surface area contributed by atoms with Crippen molar-refractivity contribution in [2.75, 3.05) is 42.6 Å². The lowest BCUT2D eigenvalue weighted by molar-refractivity contribution is -0.401. The molecule has 4 aromatic rings. The summed E-state index contributed by atoms with van der Waals surface area (Å²) in [5.74, 6) is -1.95. The predicted molar refractivity (Wildman–Crippen MR) is 134 cm³/mol. The fourth-order valence-electron chi connectivity index (χ4n) is 4.76. The van der Waals surface area contributed by atoms with Crippen LogP contribution in [-0.4, -0.2) is 63.5 Å². The molecule has 0 unspecified atom stereocenters. The normalized spacial score (nSPS) is 17.1. The maximum Gasteiger partial charge on any atom is 0.433 e. The number of hydrogen-bond donors (Lipinski definition) is 1. The first-order valence-electron chi connectivity index (χ1n) is 11.6. The quantitative estimate of drug-likeness (QED) is 0.292. The van der Waals surface area contributed by atoms with Crippen LogP contribution in [0.1, 0.15) is 23.3 Å². The standard InChI is InChI=1S/C23H19FN6O7S/c1-11-10-36-20-17-12(19(31)13(22(32)33)9-29(11)17)8-14(24)18(20)27-4-6-28(7-5-27)23-26-25-21(38-23)15-2-3-16(37-15)30(34)35/h2-3,8-9,11H,4-7,10H2,1H3,(H,32,33)/t11-/m0/s1. The summed E-state index contributed by atoms with van der Waals surface area (Å²) in [6.07, 6.45) is 1.30. The molecule has 0 spiro atoms. The van der Waals surface area contributed by atoms with Crippen LogP contribution >= 0.6 is 11.3 Å². The number of piperazine rings is 1. The number of nitrogens with zero attached hydrogens (tertiary/aromatic N) is 6. The van der Waals surface area contributed by atoms with E-state index in [-0.39, 0.29) is 41.1 Å². The second kappa shape index (κ2) is 8.79. The third-order valence-electron chi connectivity index (χ3n) is 6.64. The summed E-state index contributed by atoms with van der Waals surface area (Å²) < 4.78 is 28.3. The molecule has 38 heavy (non-hydrogen) atoms. The minimum Gasteiger partial charge on any atom is -0.487 e. The molecule has 0 amide bonds. The first-order chi connectivity index (χ1) is 18.2. The van der Waals surface area contributed by atoms with Gasteiger partial charge in [-0.25, -0.2) is 9.18 Å². The molecule has 0 bridgehead atoms. The minimum absolute atomic E-state index is 0.0362. The molecule has 1 atom stereocenters. The second-order valence-corrected chi connectivity index (χ2v) is 9.89. The van der Waals surface area contributed by atoms with Crippen molar-refractivity contribution in [2.45, 2.75) is 13.0 Å². The third kappa shape index (κ3) is 3.73. The summed E-state index contributed by atoms with van der Waals surface area (Å²) in [5.41, 5.74) is -0.578. The molecule has 0 aliphatic carbocycles. The summed E-state index contributed by atoms with van der Waals surface area (Å²) >= 11 is 1.23. The van der Waals surface area contributed by atoms with E-state index in [0.717, 1.165) is 6.07 Å². The number of halogens is 1. The fraction of sp³-hybridized carbons (Fsp3) is 0.304. The van der Waals surface area contributed by atoms with Crippen LogP contribution in [0.3, 0.4) is 0 Å². The number of anilines is 2. The number of furan rings is 1. The van der Waals surface area contributed by atoms with Crippen LogP contribution in [-0.2, 0) is 0 Å². The molecular weight excluding hydrogens is 523 g/mol. The van der Waals surface area contributed by atoms with Crippen LogP contribution in [0, 0.1) is 15.9 Å². The maximum atomic E-state index is 15.5. The number of hydrogen-bond acceptors (Lipinski definition) is 11. The van der Waals surface area contributed by atoms with Crippen molar-refractivity contribution >= 4 is 44.9 Å². The molecule has 196 valence electrons. The Morgan fingerprint density at radius 1 is 1.24 bits per heavy atom. The Labute approximate surface area is 216 Å². The summed E-state index contributed by atoms with van der Waals surface area (Å²) in [4.78, 5) is 38.5. The van der Waals surface area contributed by atoms with Gasteiger partial charge in [-0.2, -0.15) is 0 Å². The van der Waals surface area contributed by atoms with Crippen LogP contribution in [0.5, 0.6) is 5.75 Å². The van der Waals surface area contributed by atoms with Gasteiger partial charge in [0.05, 0.1) is 23.0 Å². The number of ether oxygens (including phenoxy) is 1. The van der Waals surface area contributed by atoms with Gasteiger partial charge in [0, 0.05) is 32.4 Å². The first-order valence-corrected chi connectivity index (χ1v) is 12.4. The molecule has 1 aromatic carbocycles. The summed E-state index contributed by atoms with van der Waals surface area (Å²) in [6, 6.07) is 3.56. The van der Waals surface area contributed by atoms with Gasteiger partial charge in [0.2, 0.25) is 10.6 Å². The van der Waals surface area contributed by atoms with Gasteiger partial charge in [-0.1, -0.05) is 11.3 Å². The highest BCUT2D eigenvalue weighted by Gasteiger charge is 2.32. The molecule has 1 fully saturated rings. The SMILES string of the molecule is C[C@H]1COc2c(N3CCN(c4nnc(-c5ccc([N+](=O)[O-])o5)s4)CC3)c(F)cc3c(=O)c(C(=O)O)cn1c23. The third-order valence-corrected chi connectivity index (χ3v) is 7.63. The van der Waals surface area contributed by atoms with E-state index >= 15 is 4.39 Å². The lowest BCUT2D eigenvalue weighted by Crippen LogP contribution is -2.47. The number of carboxylic acid groups (broad SMARTS) is 1. The van der Waals surface area contributed by atoms with Crippen LogP contribution < -0.4 is 20.0 Å². The first kappa shape index (κ1) is 23.8. The smallest absolute Gasteiger partial charge is 0.433 e. The molecule has 2 aliphatic heterocycles. The lowest BCUT2D eigenvalue weighted by atomic mass is 10.1. The monoisotopic (exact) mass is 542 g/mol. The van der Waals surface area contributed by atoms with E-state index in [1.165, 1.54) is 29.7 Å².